The summed E-state index contributed by atoms with van der Waals surface area (Å²) >= 11 is 5.86. The van der Waals surface area contributed by atoms with Crippen LogP contribution in [0.5, 0.6) is 0 Å². The number of hydrogen-bond acceptors (Lipinski definition) is 5. The highest BCUT2D eigenvalue weighted by Crippen LogP contribution is 2.22. The van der Waals surface area contributed by atoms with Gasteiger partial charge in [-0.1, -0.05) is 11.6 Å². The first-order valence-electron chi connectivity index (χ1n) is 7.86. The molecular weight excluding hydrogens is 348 g/mol. The van der Waals surface area contributed by atoms with E-state index in [-0.39, 0.29) is 25.5 Å². The highest BCUT2D eigenvalue weighted by molar-refractivity contribution is 6.30. The molecule has 25 heavy (non-hydrogen) atoms. The molecular formula is C17H17ClN2O5. The van der Waals surface area contributed by atoms with E-state index in [0.29, 0.717) is 29.6 Å². The van der Waals surface area contributed by atoms with E-state index in [1.165, 1.54) is 4.90 Å². The number of morpholine rings is 1. The number of ether oxygens (including phenoxy) is 1. The summed E-state index contributed by atoms with van der Waals surface area (Å²) in [6.07, 6.45) is 1.20. The van der Waals surface area contributed by atoms with Gasteiger partial charge in [0.1, 0.15) is 0 Å². The molecule has 7 nitrogen and oxygen atoms in total. The van der Waals surface area contributed by atoms with Crippen molar-refractivity contribution in [1.29, 1.82) is 0 Å². The van der Waals surface area contributed by atoms with Crippen LogP contribution in [0.15, 0.2) is 34.9 Å². The van der Waals surface area contributed by atoms with Crippen molar-refractivity contribution in [2.45, 2.75) is 18.9 Å². The van der Waals surface area contributed by atoms with Gasteiger partial charge in [0, 0.05) is 30.0 Å². The minimum atomic E-state index is -1.06. The average Bonchev–Trinajstić information content (AvgIpc) is 3.09. The number of rotatable bonds is 5. The number of carboxylic acids is 1. The van der Waals surface area contributed by atoms with Crippen LogP contribution in [0.1, 0.15) is 12.3 Å². The maximum absolute atomic E-state index is 12.2. The zero-order valence-electron chi connectivity index (χ0n) is 13.4. The van der Waals surface area contributed by atoms with Gasteiger partial charge in [-0.2, -0.15) is 0 Å². The molecule has 0 spiro atoms. The van der Waals surface area contributed by atoms with Crippen molar-refractivity contribution >= 4 is 23.5 Å². The van der Waals surface area contributed by atoms with E-state index in [2.05, 4.69) is 4.98 Å². The van der Waals surface area contributed by atoms with Gasteiger partial charge in [-0.05, 0) is 24.3 Å². The van der Waals surface area contributed by atoms with Crippen LogP contribution in [0.3, 0.4) is 0 Å². The van der Waals surface area contributed by atoms with Crippen LogP contribution in [-0.2, 0) is 20.7 Å². The minimum absolute atomic E-state index is 0.0653. The Morgan fingerprint density at radius 2 is 2.08 bits per heavy atom. The number of carboxylic acid groups (broad SMARTS) is 1. The van der Waals surface area contributed by atoms with Crippen molar-refractivity contribution in [1.82, 2.24) is 9.88 Å². The van der Waals surface area contributed by atoms with Crippen LogP contribution in [-0.4, -0.2) is 52.7 Å². The van der Waals surface area contributed by atoms with Gasteiger partial charge in [-0.25, -0.2) is 9.78 Å². The molecule has 0 aliphatic carbocycles. The summed E-state index contributed by atoms with van der Waals surface area (Å²) in [5, 5.41) is 9.62. The molecule has 1 aliphatic heterocycles. The second-order valence-corrected chi connectivity index (χ2v) is 6.10. The van der Waals surface area contributed by atoms with Crippen molar-refractivity contribution in [3.63, 3.8) is 0 Å². The first kappa shape index (κ1) is 17.4. The van der Waals surface area contributed by atoms with Crippen molar-refractivity contribution in [2.24, 2.45) is 0 Å². The molecule has 8 heteroatoms. The number of amides is 1. The largest absolute Gasteiger partial charge is 0.479 e. The van der Waals surface area contributed by atoms with Gasteiger partial charge in [-0.15, -0.1) is 0 Å². The van der Waals surface area contributed by atoms with Crippen LogP contribution < -0.4 is 0 Å². The second-order valence-electron chi connectivity index (χ2n) is 5.66. The Morgan fingerprint density at radius 1 is 1.32 bits per heavy atom. The Bertz CT molecular complexity index is 759. The molecule has 1 atom stereocenters. The normalized spacial score (nSPS) is 17.5. The lowest BCUT2D eigenvalue weighted by molar-refractivity contribution is -0.159. The number of aliphatic carboxylic acids is 1. The Hall–Kier alpha value is -2.38. The zero-order valence-corrected chi connectivity index (χ0v) is 14.1. The molecule has 1 aliphatic rings. The summed E-state index contributed by atoms with van der Waals surface area (Å²) in [4.78, 5) is 28.9. The molecule has 3 rings (SSSR count). The first-order valence-corrected chi connectivity index (χ1v) is 8.23. The monoisotopic (exact) mass is 364 g/mol. The number of aryl methyl sites for hydroxylation is 1. The van der Waals surface area contributed by atoms with Crippen LogP contribution in [0, 0.1) is 0 Å². The molecule has 2 heterocycles. The third kappa shape index (κ3) is 4.37. The van der Waals surface area contributed by atoms with Gasteiger partial charge in [0.15, 0.2) is 17.8 Å². The van der Waals surface area contributed by atoms with Gasteiger partial charge in [0.2, 0.25) is 5.91 Å². The fourth-order valence-electron chi connectivity index (χ4n) is 2.57. The standard InChI is InChI=1S/C17H17ClN2O5/c18-12-3-1-11(2-4-12)13-9-19-15(25-13)5-6-16(21)20-7-8-24-14(10-20)17(22)23/h1-4,9,14H,5-8,10H2,(H,22,23)/t14-/m0/s1. The van der Waals surface area contributed by atoms with Crippen molar-refractivity contribution in [2.75, 3.05) is 19.7 Å². The summed E-state index contributed by atoms with van der Waals surface area (Å²) < 4.78 is 10.8. The number of benzene rings is 1. The molecule has 132 valence electrons. The molecule has 1 fully saturated rings. The number of carbonyl (C=O) groups is 2. The highest BCUT2D eigenvalue weighted by atomic mass is 35.5. The quantitative estimate of drug-likeness (QED) is 0.874. The molecule has 0 saturated carbocycles. The number of hydrogen-bond donors (Lipinski definition) is 1. The first-order chi connectivity index (χ1) is 12.0. The molecule has 2 aromatic rings. The minimum Gasteiger partial charge on any atom is -0.479 e. The number of halogens is 1. The van der Waals surface area contributed by atoms with E-state index in [9.17, 15) is 9.59 Å². The number of oxazole rings is 1. The zero-order chi connectivity index (χ0) is 17.8. The molecule has 1 saturated heterocycles. The molecule has 1 amide bonds. The Kier molecular flexibility index (Phi) is 5.35. The molecule has 1 N–H and O–H groups in total. The van der Waals surface area contributed by atoms with Crippen LogP contribution in [0.2, 0.25) is 5.02 Å². The predicted molar refractivity (Wildman–Crippen MR) is 89.2 cm³/mol. The summed E-state index contributed by atoms with van der Waals surface area (Å²) in [5.74, 6) is -0.128. The predicted octanol–water partition coefficient (Wildman–Crippen LogP) is 2.24. The molecule has 0 radical (unpaired) electrons. The van der Waals surface area contributed by atoms with Gasteiger partial charge in [-0.3, -0.25) is 4.79 Å². The van der Waals surface area contributed by atoms with Gasteiger partial charge in [0.25, 0.3) is 0 Å². The summed E-state index contributed by atoms with van der Waals surface area (Å²) in [7, 11) is 0. The summed E-state index contributed by atoms with van der Waals surface area (Å²) in [5.41, 5.74) is 0.854. The lowest BCUT2D eigenvalue weighted by atomic mass is 10.2. The van der Waals surface area contributed by atoms with Crippen molar-refractivity contribution in [3.8, 4) is 11.3 Å². The van der Waals surface area contributed by atoms with Gasteiger partial charge >= 0.3 is 5.97 Å². The van der Waals surface area contributed by atoms with E-state index < -0.39 is 12.1 Å². The van der Waals surface area contributed by atoms with E-state index in [1.54, 1.807) is 18.3 Å². The van der Waals surface area contributed by atoms with Crippen molar-refractivity contribution in [3.05, 3.63) is 41.4 Å². The van der Waals surface area contributed by atoms with E-state index in [4.69, 9.17) is 25.9 Å². The highest BCUT2D eigenvalue weighted by Gasteiger charge is 2.28. The van der Waals surface area contributed by atoms with Crippen LogP contribution >= 0.6 is 11.6 Å². The van der Waals surface area contributed by atoms with E-state index in [0.717, 1.165) is 5.56 Å². The summed E-state index contributed by atoms with van der Waals surface area (Å²) in [6.45, 7) is 0.683. The lowest BCUT2D eigenvalue weighted by Crippen LogP contribution is -2.48. The number of aromatic nitrogens is 1. The fourth-order valence-corrected chi connectivity index (χ4v) is 2.70. The SMILES string of the molecule is O=C(O)[C@@H]1CN(C(=O)CCc2ncc(-c3ccc(Cl)cc3)o2)CCO1. The van der Waals surface area contributed by atoms with Gasteiger partial charge in [0.05, 0.1) is 19.3 Å². The molecule has 1 aromatic carbocycles. The second kappa shape index (κ2) is 7.67. The van der Waals surface area contributed by atoms with Gasteiger partial charge < -0.3 is 19.2 Å². The Morgan fingerprint density at radius 3 is 2.80 bits per heavy atom. The Balaban J connectivity index is 1.56. The number of carbonyl (C=O) groups excluding carboxylic acids is 1. The lowest BCUT2D eigenvalue weighted by Gasteiger charge is -2.30. The Labute approximate surface area is 149 Å². The maximum atomic E-state index is 12.2. The average molecular weight is 365 g/mol. The third-order valence-electron chi connectivity index (χ3n) is 3.93. The molecule has 1 aromatic heterocycles. The summed E-state index contributed by atoms with van der Waals surface area (Å²) in [6, 6.07) is 7.19. The fraction of sp³-hybridized carbons (Fsp3) is 0.353. The molecule has 0 bridgehead atoms. The van der Waals surface area contributed by atoms with Crippen LogP contribution in [0.4, 0.5) is 0 Å². The van der Waals surface area contributed by atoms with E-state index >= 15 is 0 Å². The maximum Gasteiger partial charge on any atom is 0.334 e. The topological polar surface area (TPSA) is 92.9 Å². The number of nitrogens with zero attached hydrogens (tertiary/aromatic N) is 2. The van der Waals surface area contributed by atoms with E-state index in [1.807, 2.05) is 12.1 Å². The smallest absolute Gasteiger partial charge is 0.334 e. The third-order valence-corrected chi connectivity index (χ3v) is 4.18. The molecule has 0 unspecified atom stereocenters. The van der Waals surface area contributed by atoms with Crippen molar-refractivity contribution < 1.29 is 23.8 Å². The van der Waals surface area contributed by atoms with Crippen LogP contribution in [0.25, 0.3) is 11.3 Å².